The maximum Gasteiger partial charge on any atom is 0.401 e. The summed E-state index contributed by atoms with van der Waals surface area (Å²) in [6.45, 7) is 0.343. The molecular formula is C13H13BrF3N. The summed E-state index contributed by atoms with van der Waals surface area (Å²) in [7, 11) is 0. The van der Waals surface area contributed by atoms with Crippen LogP contribution in [0.1, 0.15) is 12.0 Å². The lowest BCUT2D eigenvalue weighted by Gasteiger charge is -2.22. The quantitative estimate of drug-likeness (QED) is 0.805. The molecule has 0 bridgehead atoms. The molecule has 0 unspecified atom stereocenters. The smallest absolute Gasteiger partial charge is 0.294 e. The van der Waals surface area contributed by atoms with Gasteiger partial charge in [0.15, 0.2) is 0 Å². The first-order valence-electron chi connectivity index (χ1n) is 5.94. The number of hydrogen-bond acceptors (Lipinski definition) is 1. The van der Waals surface area contributed by atoms with E-state index in [1.165, 1.54) is 10.5 Å². The zero-order valence-corrected chi connectivity index (χ0v) is 11.3. The molecule has 1 nitrogen and oxygen atoms in total. The van der Waals surface area contributed by atoms with Crippen LogP contribution in [0.4, 0.5) is 13.2 Å². The molecule has 1 aliphatic heterocycles. The Morgan fingerprint density at radius 2 is 1.94 bits per heavy atom. The molecular weight excluding hydrogens is 307 g/mol. The van der Waals surface area contributed by atoms with Crippen molar-refractivity contribution in [1.82, 2.24) is 4.90 Å². The van der Waals surface area contributed by atoms with Crippen LogP contribution in [0.15, 0.2) is 28.7 Å². The van der Waals surface area contributed by atoms with Gasteiger partial charge in [-0.3, -0.25) is 4.90 Å². The Hall–Kier alpha value is -0.550. The van der Waals surface area contributed by atoms with Crippen LogP contribution in [0.2, 0.25) is 0 Å². The minimum atomic E-state index is -4.09. The highest BCUT2D eigenvalue weighted by molar-refractivity contribution is 9.10. The maximum absolute atomic E-state index is 12.4. The number of hydrogen-bond donors (Lipinski definition) is 0. The Balaban J connectivity index is 1.74. The van der Waals surface area contributed by atoms with Crippen LogP contribution in [0, 0.1) is 5.92 Å². The highest BCUT2D eigenvalue weighted by Crippen LogP contribution is 2.59. The summed E-state index contributed by atoms with van der Waals surface area (Å²) in [5.41, 5.74) is 1.17. The SMILES string of the molecule is FC(F)(F)CN1C[C@H]2C[C@@]2(c2ccc(Br)cc2)C1. The molecule has 0 N–H and O–H groups in total. The second kappa shape index (κ2) is 3.97. The highest BCUT2D eigenvalue weighted by Gasteiger charge is 2.61. The number of alkyl halides is 3. The van der Waals surface area contributed by atoms with Crippen molar-refractivity contribution in [3.63, 3.8) is 0 Å². The molecule has 1 aromatic rings. The first-order chi connectivity index (χ1) is 8.39. The van der Waals surface area contributed by atoms with Gasteiger partial charge in [-0.15, -0.1) is 0 Å². The monoisotopic (exact) mass is 319 g/mol. The van der Waals surface area contributed by atoms with Crippen LogP contribution in [0.3, 0.4) is 0 Å². The highest BCUT2D eigenvalue weighted by atomic mass is 79.9. The molecule has 1 aromatic carbocycles. The summed E-state index contributed by atoms with van der Waals surface area (Å²) in [5.74, 6) is 0.404. The van der Waals surface area contributed by atoms with Gasteiger partial charge in [0.1, 0.15) is 0 Å². The van der Waals surface area contributed by atoms with E-state index in [2.05, 4.69) is 15.9 Å². The zero-order chi connectivity index (χ0) is 13.0. The van der Waals surface area contributed by atoms with Crippen molar-refractivity contribution >= 4 is 15.9 Å². The third-order valence-electron chi connectivity index (χ3n) is 4.04. The third-order valence-corrected chi connectivity index (χ3v) is 4.57. The van der Waals surface area contributed by atoms with Crippen molar-refractivity contribution in [2.75, 3.05) is 19.6 Å². The zero-order valence-electron chi connectivity index (χ0n) is 9.67. The predicted molar refractivity (Wildman–Crippen MR) is 66.4 cm³/mol. The number of benzene rings is 1. The van der Waals surface area contributed by atoms with Crippen molar-refractivity contribution in [2.24, 2.45) is 5.92 Å². The van der Waals surface area contributed by atoms with Crippen molar-refractivity contribution in [3.8, 4) is 0 Å². The van der Waals surface area contributed by atoms with Crippen molar-refractivity contribution in [2.45, 2.75) is 18.0 Å². The van der Waals surface area contributed by atoms with Gasteiger partial charge in [0, 0.05) is 23.0 Å². The number of likely N-dealkylation sites (tertiary alicyclic amines) is 1. The van der Waals surface area contributed by atoms with Gasteiger partial charge in [-0.1, -0.05) is 28.1 Å². The predicted octanol–water partition coefficient (Wildman–Crippen LogP) is 3.58. The first kappa shape index (κ1) is 12.5. The van der Waals surface area contributed by atoms with E-state index in [0.29, 0.717) is 19.0 Å². The van der Waals surface area contributed by atoms with Crippen LogP contribution >= 0.6 is 15.9 Å². The standard InChI is InChI=1S/C13H13BrF3N/c14-11-3-1-9(2-4-11)12-5-10(12)6-18(7-12)8-13(15,16)17/h1-4,10H,5-8H2/t10-,12+/m1/s1. The second-order valence-electron chi connectivity index (χ2n) is 5.35. The molecule has 2 fully saturated rings. The Bertz CT molecular complexity index is 456. The molecule has 1 saturated carbocycles. The molecule has 3 rings (SSSR count). The van der Waals surface area contributed by atoms with Gasteiger partial charge in [-0.25, -0.2) is 0 Å². The molecule has 18 heavy (non-hydrogen) atoms. The molecule has 1 aliphatic carbocycles. The van der Waals surface area contributed by atoms with E-state index < -0.39 is 12.7 Å². The molecule has 1 heterocycles. The van der Waals surface area contributed by atoms with Gasteiger partial charge in [0.25, 0.3) is 0 Å². The Kier molecular flexibility index (Phi) is 2.75. The summed E-state index contributed by atoms with van der Waals surface area (Å²) in [6.07, 6.45) is -3.05. The average molecular weight is 320 g/mol. The van der Waals surface area contributed by atoms with Gasteiger partial charge in [-0.2, -0.15) is 13.2 Å². The van der Waals surface area contributed by atoms with E-state index in [0.717, 1.165) is 10.9 Å². The van der Waals surface area contributed by atoms with Crippen LogP contribution in [0.25, 0.3) is 0 Å². The fourth-order valence-corrected chi connectivity index (χ4v) is 3.45. The van der Waals surface area contributed by atoms with Crippen molar-refractivity contribution < 1.29 is 13.2 Å². The molecule has 98 valence electrons. The lowest BCUT2D eigenvalue weighted by Crippen LogP contribution is -2.35. The van der Waals surface area contributed by atoms with E-state index >= 15 is 0 Å². The van der Waals surface area contributed by atoms with E-state index in [1.807, 2.05) is 24.3 Å². The summed E-state index contributed by atoms with van der Waals surface area (Å²) in [6, 6.07) is 7.99. The average Bonchev–Trinajstić information content (AvgIpc) is 2.81. The van der Waals surface area contributed by atoms with E-state index in [1.54, 1.807) is 0 Å². The molecule has 0 spiro atoms. The molecule has 2 atom stereocenters. The second-order valence-corrected chi connectivity index (χ2v) is 6.26. The van der Waals surface area contributed by atoms with Crippen LogP contribution in [-0.4, -0.2) is 30.7 Å². The van der Waals surface area contributed by atoms with Crippen LogP contribution in [-0.2, 0) is 5.41 Å². The van der Waals surface area contributed by atoms with E-state index in [9.17, 15) is 13.2 Å². The van der Waals surface area contributed by atoms with Crippen LogP contribution < -0.4 is 0 Å². The van der Waals surface area contributed by atoms with Crippen LogP contribution in [0.5, 0.6) is 0 Å². The van der Waals surface area contributed by atoms with Crippen molar-refractivity contribution in [3.05, 3.63) is 34.3 Å². The number of rotatable bonds is 2. The fourth-order valence-electron chi connectivity index (χ4n) is 3.19. The molecule has 0 radical (unpaired) electrons. The number of nitrogens with zero attached hydrogens (tertiary/aromatic N) is 1. The minimum Gasteiger partial charge on any atom is -0.294 e. The van der Waals surface area contributed by atoms with Gasteiger partial charge in [0.2, 0.25) is 0 Å². The topological polar surface area (TPSA) is 3.24 Å². The molecule has 1 saturated heterocycles. The Morgan fingerprint density at radius 1 is 1.28 bits per heavy atom. The fraction of sp³-hybridized carbons (Fsp3) is 0.538. The molecule has 0 amide bonds. The summed E-state index contributed by atoms with van der Waals surface area (Å²) < 4.78 is 38.1. The first-order valence-corrected chi connectivity index (χ1v) is 6.73. The van der Waals surface area contributed by atoms with Gasteiger partial charge in [0.05, 0.1) is 6.54 Å². The van der Waals surface area contributed by atoms with Gasteiger partial charge in [-0.05, 0) is 30.0 Å². The normalized spacial score (nSPS) is 31.4. The number of piperidine rings is 1. The molecule has 2 aliphatic rings. The molecule has 5 heteroatoms. The molecule has 0 aromatic heterocycles. The summed E-state index contributed by atoms with van der Waals surface area (Å²) in [5, 5.41) is 0. The number of fused-ring (bicyclic) bond motifs is 1. The summed E-state index contributed by atoms with van der Waals surface area (Å²) in [4.78, 5) is 1.54. The van der Waals surface area contributed by atoms with Gasteiger partial charge >= 0.3 is 6.18 Å². The Labute approximate surface area is 112 Å². The minimum absolute atomic E-state index is 0.00799. The third kappa shape index (κ3) is 2.18. The number of halogens is 4. The van der Waals surface area contributed by atoms with Gasteiger partial charge < -0.3 is 0 Å². The Morgan fingerprint density at radius 3 is 2.56 bits per heavy atom. The van der Waals surface area contributed by atoms with Crippen molar-refractivity contribution in [1.29, 1.82) is 0 Å². The lowest BCUT2D eigenvalue weighted by atomic mass is 9.95. The maximum atomic E-state index is 12.4. The summed E-state index contributed by atoms with van der Waals surface area (Å²) >= 11 is 3.38. The largest absolute Gasteiger partial charge is 0.401 e. The lowest BCUT2D eigenvalue weighted by molar-refractivity contribution is -0.144. The van der Waals surface area contributed by atoms with E-state index in [-0.39, 0.29) is 5.41 Å². The van der Waals surface area contributed by atoms with E-state index in [4.69, 9.17) is 0 Å².